The number of nitrogens with zero attached hydrogens (tertiary/aromatic N) is 1. The van der Waals surface area contributed by atoms with Gasteiger partial charge in [0.05, 0.1) is 18.3 Å². The van der Waals surface area contributed by atoms with Crippen molar-refractivity contribution < 1.29 is 14.6 Å². The van der Waals surface area contributed by atoms with Crippen LogP contribution in [0.5, 0.6) is 0 Å². The van der Waals surface area contributed by atoms with E-state index in [9.17, 15) is 9.90 Å². The van der Waals surface area contributed by atoms with E-state index in [0.717, 1.165) is 32.2 Å². The van der Waals surface area contributed by atoms with Crippen LogP contribution in [0.2, 0.25) is 0 Å². The summed E-state index contributed by atoms with van der Waals surface area (Å²) in [5.41, 5.74) is -0.519. The van der Waals surface area contributed by atoms with Gasteiger partial charge >= 0.3 is 0 Å². The molecule has 106 valence electrons. The van der Waals surface area contributed by atoms with Crippen molar-refractivity contribution in [3.63, 3.8) is 0 Å². The van der Waals surface area contributed by atoms with Gasteiger partial charge in [-0.25, -0.2) is 0 Å². The minimum atomic E-state index is -0.262. The zero-order valence-corrected chi connectivity index (χ0v) is 12.1. The first-order valence-corrected chi connectivity index (χ1v) is 6.87. The van der Waals surface area contributed by atoms with Gasteiger partial charge in [0.1, 0.15) is 6.29 Å². The van der Waals surface area contributed by atoms with Gasteiger partial charge in [-0.2, -0.15) is 0 Å². The van der Waals surface area contributed by atoms with E-state index in [1.165, 1.54) is 0 Å². The van der Waals surface area contributed by atoms with Crippen molar-refractivity contribution in [3.05, 3.63) is 0 Å². The second kappa shape index (κ2) is 6.13. The average molecular weight is 257 g/mol. The number of carbonyl (C=O) groups excluding carboxylic acids is 1. The second-order valence-electron chi connectivity index (χ2n) is 6.04. The number of hydrogen-bond donors (Lipinski definition) is 1. The van der Waals surface area contributed by atoms with Gasteiger partial charge in [0.2, 0.25) is 0 Å². The molecular formula is C14H27NO3. The van der Waals surface area contributed by atoms with Crippen LogP contribution in [0, 0.1) is 5.41 Å². The quantitative estimate of drug-likeness (QED) is 0.732. The highest BCUT2D eigenvalue weighted by Crippen LogP contribution is 2.28. The van der Waals surface area contributed by atoms with E-state index >= 15 is 0 Å². The summed E-state index contributed by atoms with van der Waals surface area (Å²) in [6.07, 6.45) is 2.67. The lowest BCUT2D eigenvalue weighted by atomic mass is 9.83. The molecule has 1 fully saturated rings. The highest BCUT2D eigenvalue weighted by atomic mass is 16.5. The maximum atomic E-state index is 11.4. The van der Waals surface area contributed by atoms with E-state index in [0.29, 0.717) is 6.54 Å². The fraction of sp³-hybridized carbons (Fsp3) is 0.929. The zero-order chi connectivity index (χ0) is 13.8. The Morgan fingerprint density at radius 1 is 1.44 bits per heavy atom. The first-order chi connectivity index (χ1) is 8.40. The Morgan fingerprint density at radius 3 is 2.50 bits per heavy atom. The molecule has 0 aliphatic carbocycles. The van der Waals surface area contributed by atoms with Crippen LogP contribution in [-0.4, -0.2) is 54.2 Å². The van der Waals surface area contributed by atoms with Crippen LogP contribution >= 0.6 is 0 Å². The molecule has 1 rings (SSSR count). The van der Waals surface area contributed by atoms with E-state index in [1.807, 2.05) is 13.8 Å². The highest BCUT2D eigenvalue weighted by Gasteiger charge is 2.37. The Balaban J connectivity index is 2.73. The lowest BCUT2D eigenvalue weighted by Gasteiger charge is -2.45. The number of ether oxygens (including phenoxy) is 1. The molecule has 0 saturated carbocycles. The van der Waals surface area contributed by atoms with Crippen molar-refractivity contribution in [2.45, 2.75) is 52.2 Å². The number of aliphatic hydroxyl groups is 1. The smallest absolute Gasteiger partial charge is 0.127 e. The number of rotatable bonds is 6. The minimum absolute atomic E-state index is 0.0340. The van der Waals surface area contributed by atoms with Crippen molar-refractivity contribution in [1.29, 1.82) is 0 Å². The van der Waals surface area contributed by atoms with Crippen LogP contribution in [0.15, 0.2) is 0 Å². The molecular weight excluding hydrogens is 230 g/mol. The van der Waals surface area contributed by atoms with Crippen LogP contribution in [0.1, 0.15) is 40.5 Å². The summed E-state index contributed by atoms with van der Waals surface area (Å²) < 4.78 is 5.79. The molecule has 1 aliphatic heterocycles. The summed E-state index contributed by atoms with van der Waals surface area (Å²) in [5.74, 6) is 0. The highest BCUT2D eigenvalue weighted by molar-refractivity contribution is 5.59. The van der Waals surface area contributed by atoms with Gasteiger partial charge in [-0.3, -0.25) is 4.90 Å². The molecule has 0 aromatic rings. The maximum Gasteiger partial charge on any atom is 0.127 e. The van der Waals surface area contributed by atoms with E-state index in [-0.39, 0.29) is 23.7 Å². The van der Waals surface area contributed by atoms with E-state index < -0.39 is 0 Å². The third kappa shape index (κ3) is 3.77. The van der Waals surface area contributed by atoms with Crippen LogP contribution in [-0.2, 0) is 9.53 Å². The Bertz CT molecular complexity index is 274. The topological polar surface area (TPSA) is 49.8 Å². The van der Waals surface area contributed by atoms with Crippen molar-refractivity contribution in [2.75, 3.05) is 26.2 Å². The third-order valence-corrected chi connectivity index (χ3v) is 3.95. The Labute approximate surface area is 110 Å². The fourth-order valence-corrected chi connectivity index (χ4v) is 2.76. The average Bonchev–Trinajstić information content (AvgIpc) is 2.34. The van der Waals surface area contributed by atoms with E-state index in [4.69, 9.17) is 4.74 Å². The van der Waals surface area contributed by atoms with Gasteiger partial charge in [0.15, 0.2) is 0 Å². The number of hydrogen-bond acceptors (Lipinski definition) is 4. The molecule has 0 aromatic heterocycles. The number of aliphatic hydroxyl groups excluding tert-OH is 1. The van der Waals surface area contributed by atoms with Crippen molar-refractivity contribution in [3.8, 4) is 0 Å². The third-order valence-electron chi connectivity index (χ3n) is 3.95. The van der Waals surface area contributed by atoms with Gasteiger partial charge in [-0.1, -0.05) is 13.8 Å². The Hall–Kier alpha value is -0.450. The molecule has 4 nitrogen and oxygen atoms in total. The molecule has 1 N–H and O–H groups in total. The molecule has 0 aromatic carbocycles. The molecule has 0 amide bonds. The zero-order valence-electron chi connectivity index (χ0n) is 12.1. The fourth-order valence-electron chi connectivity index (χ4n) is 2.76. The van der Waals surface area contributed by atoms with Crippen LogP contribution in [0.3, 0.4) is 0 Å². The summed E-state index contributed by atoms with van der Waals surface area (Å²) in [7, 11) is 0. The first-order valence-electron chi connectivity index (χ1n) is 6.87. The standard InChI is InChI=1S/C14H27NO3/c1-5-14(6-2,11-17)10-15-7-12(8-16)18-13(3,4)9-15/h11-12,16H,5-10H2,1-4H3. The summed E-state index contributed by atoms with van der Waals surface area (Å²) in [6.45, 7) is 10.5. The summed E-state index contributed by atoms with van der Waals surface area (Å²) in [6, 6.07) is 0. The predicted molar refractivity (Wildman–Crippen MR) is 71.6 cm³/mol. The van der Waals surface area contributed by atoms with Crippen LogP contribution < -0.4 is 0 Å². The van der Waals surface area contributed by atoms with Gasteiger partial charge in [0.25, 0.3) is 0 Å². The molecule has 1 heterocycles. The van der Waals surface area contributed by atoms with E-state index in [1.54, 1.807) is 0 Å². The first kappa shape index (κ1) is 15.6. The molecule has 0 spiro atoms. The summed E-state index contributed by atoms with van der Waals surface area (Å²) in [5, 5.41) is 9.29. The lowest BCUT2D eigenvalue weighted by Crippen LogP contribution is -2.56. The SMILES string of the molecule is CCC(C=O)(CC)CN1CC(CO)OC(C)(C)C1. The van der Waals surface area contributed by atoms with Crippen LogP contribution in [0.25, 0.3) is 0 Å². The molecule has 18 heavy (non-hydrogen) atoms. The van der Waals surface area contributed by atoms with Gasteiger partial charge < -0.3 is 14.6 Å². The van der Waals surface area contributed by atoms with Gasteiger partial charge in [0, 0.05) is 25.0 Å². The van der Waals surface area contributed by atoms with Crippen molar-refractivity contribution >= 4 is 6.29 Å². The predicted octanol–water partition coefficient (Wildman–Crippen LogP) is 1.46. The summed E-state index contributed by atoms with van der Waals surface area (Å²) >= 11 is 0. The van der Waals surface area contributed by atoms with Crippen molar-refractivity contribution in [1.82, 2.24) is 4.90 Å². The van der Waals surface area contributed by atoms with Crippen LogP contribution in [0.4, 0.5) is 0 Å². The lowest BCUT2D eigenvalue weighted by molar-refractivity contribution is -0.155. The summed E-state index contributed by atoms with van der Waals surface area (Å²) in [4.78, 5) is 13.6. The number of carbonyl (C=O) groups is 1. The van der Waals surface area contributed by atoms with Gasteiger partial charge in [-0.05, 0) is 26.7 Å². The second-order valence-corrected chi connectivity index (χ2v) is 6.04. The molecule has 1 atom stereocenters. The Morgan fingerprint density at radius 2 is 2.06 bits per heavy atom. The van der Waals surface area contributed by atoms with Gasteiger partial charge in [-0.15, -0.1) is 0 Å². The largest absolute Gasteiger partial charge is 0.394 e. The Kier molecular flexibility index (Phi) is 5.32. The molecule has 0 radical (unpaired) electrons. The normalized spacial score (nSPS) is 25.1. The van der Waals surface area contributed by atoms with E-state index in [2.05, 4.69) is 18.7 Å². The molecule has 1 unspecified atom stereocenters. The van der Waals surface area contributed by atoms with Crippen molar-refractivity contribution in [2.24, 2.45) is 5.41 Å². The molecule has 4 heteroatoms. The molecule has 1 aliphatic rings. The molecule has 1 saturated heterocycles. The monoisotopic (exact) mass is 257 g/mol. The number of aldehydes is 1. The number of morpholine rings is 1. The minimum Gasteiger partial charge on any atom is -0.394 e. The molecule has 0 bridgehead atoms. The maximum absolute atomic E-state index is 11.4.